The lowest BCUT2D eigenvalue weighted by Gasteiger charge is -2.36. The summed E-state index contributed by atoms with van der Waals surface area (Å²) in [5.74, 6) is 1.01. The van der Waals surface area contributed by atoms with E-state index in [0.29, 0.717) is 19.5 Å². The fraction of sp³-hybridized carbons (Fsp3) is 0.300. The van der Waals surface area contributed by atoms with Crippen LogP contribution in [0.25, 0.3) is 5.13 Å². The Bertz CT molecular complexity index is 898. The van der Waals surface area contributed by atoms with Gasteiger partial charge in [-0.2, -0.15) is 0 Å². The van der Waals surface area contributed by atoms with E-state index in [2.05, 4.69) is 16.0 Å². The number of para-hydroxylation sites is 2. The first kappa shape index (κ1) is 17.6. The summed E-state index contributed by atoms with van der Waals surface area (Å²) in [6, 6.07) is 11.9. The number of nitrogens with zero attached hydrogens (tertiary/aromatic N) is 4. The molecule has 2 aromatic heterocycles. The van der Waals surface area contributed by atoms with E-state index in [1.165, 1.54) is 0 Å². The molecule has 1 aliphatic rings. The quantitative estimate of drug-likeness (QED) is 0.681. The molecule has 0 unspecified atom stereocenters. The third-order valence-corrected chi connectivity index (χ3v) is 5.66. The molecule has 6 nitrogen and oxygen atoms in total. The second-order valence-electron chi connectivity index (χ2n) is 6.43. The van der Waals surface area contributed by atoms with Crippen LogP contribution in [0.3, 0.4) is 0 Å². The van der Waals surface area contributed by atoms with Gasteiger partial charge in [0.05, 0.1) is 24.9 Å². The maximum Gasteiger partial charge on any atom is 0.228 e. The normalized spacial score (nSPS) is 14.4. The molecule has 3 aromatic rings. The number of carbonyl (C=O) groups is 1. The molecule has 140 valence electrons. The lowest BCUT2D eigenvalue weighted by molar-refractivity contribution is -0.130. The minimum atomic E-state index is 0.138. The van der Waals surface area contributed by atoms with E-state index in [9.17, 15) is 4.79 Å². The van der Waals surface area contributed by atoms with Crippen molar-refractivity contribution in [2.45, 2.75) is 6.42 Å². The standard InChI is InChI=1S/C20H22N4O2S/c1-26-18-7-3-2-6-17(18)22-10-12-23(13-11-22)19(25)14-16-15-27-20(21-16)24-8-4-5-9-24/h2-9,15H,10-14H2,1H3. The number of benzene rings is 1. The van der Waals surface area contributed by atoms with Crippen molar-refractivity contribution in [1.29, 1.82) is 0 Å². The summed E-state index contributed by atoms with van der Waals surface area (Å²) in [4.78, 5) is 21.5. The van der Waals surface area contributed by atoms with Crippen LogP contribution >= 0.6 is 11.3 Å². The van der Waals surface area contributed by atoms with Crippen molar-refractivity contribution < 1.29 is 9.53 Å². The van der Waals surface area contributed by atoms with Gasteiger partial charge in [-0.3, -0.25) is 4.79 Å². The first-order chi connectivity index (χ1) is 13.2. The maximum absolute atomic E-state index is 12.7. The third-order valence-electron chi connectivity index (χ3n) is 4.76. The molecule has 7 heteroatoms. The Morgan fingerprint density at radius 3 is 2.59 bits per heavy atom. The monoisotopic (exact) mass is 382 g/mol. The number of aromatic nitrogens is 2. The van der Waals surface area contributed by atoms with Crippen molar-refractivity contribution in [3.63, 3.8) is 0 Å². The van der Waals surface area contributed by atoms with E-state index in [0.717, 1.165) is 35.4 Å². The summed E-state index contributed by atoms with van der Waals surface area (Å²) in [7, 11) is 1.69. The molecule has 0 spiro atoms. The average Bonchev–Trinajstić information content (AvgIpc) is 3.40. The molecular formula is C20H22N4O2S. The van der Waals surface area contributed by atoms with Gasteiger partial charge in [-0.15, -0.1) is 11.3 Å². The molecule has 1 aromatic carbocycles. The fourth-order valence-corrected chi connectivity index (χ4v) is 4.10. The number of anilines is 1. The van der Waals surface area contributed by atoms with Gasteiger partial charge in [0.15, 0.2) is 5.13 Å². The molecule has 1 saturated heterocycles. The van der Waals surface area contributed by atoms with E-state index < -0.39 is 0 Å². The second-order valence-corrected chi connectivity index (χ2v) is 7.26. The number of amides is 1. The Kier molecular flexibility index (Phi) is 5.11. The van der Waals surface area contributed by atoms with E-state index >= 15 is 0 Å². The molecule has 0 saturated carbocycles. The van der Waals surface area contributed by atoms with Crippen molar-refractivity contribution in [2.24, 2.45) is 0 Å². The SMILES string of the molecule is COc1ccccc1N1CCN(C(=O)Cc2csc(-n3cccc3)n2)CC1. The van der Waals surface area contributed by atoms with Crippen molar-refractivity contribution in [3.8, 4) is 10.9 Å². The van der Waals surface area contributed by atoms with E-state index in [4.69, 9.17) is 4.74 Å². The lowest BCUT2D eigenvalue weighted by atomic mass is 10.2. The number of thiazole rings is 1. The van der Waals surface area contributed by atoms with Crippen LogP contribution in [0, 0.1) is 0 Å². The highest BCUT2D eigenvalue weighted by atomic mass is 32.1. The Morgan fingerprint density at radius 1 is 1.11 bits per heavy atom. The minimum absolute atomic E-state index is 0.138. The maximum atomic E-state index is 12.7. The van der Waals surface area contributed by atoms with Crippen LogP contribution in [0.15, 0.2) is 54.2 Å². The lowest BCUT2D eigenvalue weighted by Crippen LogP contribution is -2.49. The molecule has 1 fully saturated rings. The summed E-state index contributed by atoms with van der Waals surface area (Å²) in [6.45, 7) is 3.03. The second kappa shape index (κ2) is 7.84. The Morgan fingerprint density at radius 2 is 1.85 bits per heavy atom. The zero-order chi connectivity index (χ0) is 18.6. The van der Waals surface area contributed by atoms with Gasteiger partial charge in [-0.25, -0.2) is 4.98 Å². The fourth-order valence-electron chi connectivity index (χ4n) is 3.31. The molecule has 3 heterocycles. The molecule has 4 rings (SSSR count). The van der Waals surface area contributed by atoms with Gasteiger partial charge < -0.3 is 19.1 Å². The highest BCUT2D eigenvalue weighted by Crippen LogP contribution is 2.28. The van der Waals surface area contributed by atoms with Gasteiger partial charge in [0, 0.05) is 44.0 Å². The number of hydrogen-bond acceptors (Lipinski definition) is 5. The van der Waals surface area contributed by atoms with Gasteiger partial charge in [0.2, 0.25) is 5.91 Å². The van der Waals surface area contributed by atoms with Crippen molar-refractivity contribution in [2.75, 3.05) is 38.2 Å². The summed E-state index contributed by atoms with van der Waals surface area (Å²) in [5.41, 5.74) is 1.92. The summed E-state index contributed by atoms with van der Waals surface area (Å²) in [6.07, 6.45) is 4.27. The number of methoxy groups -OCH3 is 1. The summed E-state index contributed by atoms with van der Waals surface area (Å²) in [5, 5.41) is 2.86. The number of carbonyl (C=O) groups excluding carboxylic acids is 1. The third kappa shape index (κ3) is 3.83. The van der Waals surface area contributed by atoms with Crippen LogP contribution in [0.4, 0.5) is 5.69 Å². The summed E-state index contributed by atoms with van der Waals surface area (Å²) < 4.78 is 7.42. The zero-order valence-corrected chi connectivity index (χ0v) is 16.1. The molecule has 27 heavy (non-hydrogen) atoms. The molecule has 0 aliphatic carbocycles. The summed E-state index contributed by atoms with van der Waals surface area (Å²) >= 11 is 1.56. The van der Waals surface area contributed by atoms with E-state index in [1.54, 1.807) is 18.4 Å². The zero-order valence-electron chi connectivity index (χ0n) is 15.2. The van der Waals surface area contributed by atoms with Gasteiger partial charge in [-0.05, 0) is 24.3 Å². The van der Waals surface area contributed by atoms with Crippen LogP contribution in [0.5, 0.6) is 5.75 Å². The highest BCUT2D eigenvalue weighted by molar-refractivity contribution is 7.12. The van der Waals surface area contributed by atoms with Crippen LogP contribution in [0.2, 0.25) is 0 Å². The Labute approximate surface area is 162 Å². The Hall–Kier alpha value is -2.80. The molecule has 1 amide bonds. The molecule has 0 radical (unpaired) electrons. The van der Waals surface area contributed by atoms with Crippen molar-refractivity contribution in [1.82, 2.24) is 14.5 Å². The average molecular weight is 382 g/mol. The van der Waals surface area contributed by atoms with Crippen LogP contribution in [0.1, 0.15) is 5.69 Å². The predicted octanol–water partition coefficient (Wildman–Crippen LogP) is 2.83. The topological polar surface area (TPSA) is 50.6 Å². The number of rotatable bonds is 5. The minimum Gasteiger partial charge on any atom is -0.495 e. The van der Waals surface area contributed by atoms with Gasteiger partial charge in [-0.1, -0.05) is 12.1 Å². The molecule has 0 atom stereocenters. The smallest absolute Gasteiger partial charge is 0.228 e. The van der Waals surface area contributed by atoms with E-state index in [1.807, 2.05) is 57.6 Å². The van der Waals surface area contributed by atoms with Gasteiger partial charge in [0.1, 0.15) is 5.75 Å². The van der Waals surface area contributed by atoms with Crippen molar-refractivity contribution >= 4 is 22.9 Å². The van der Waals surface area contributed by atoms with Gasteiger partial charge >= 0.3 is 0 Å². The van der Waals surface area contributed by atoms with Crippen LogP contribution < -0.4 is 9.64 Å². The molecule has 0 N–H and O–H groups in total. The van der Waals surface area contributed by atoms with E-state index in [-0.39, 0.29) is 5.91 Å². The first-order valence-electron chi connectivity index (χ1n) is 8.98. The predicted molar refractivity (Wildman–Crippen MR) is 107 cm³/mol. The number of ether oxygens (including phenoxy) is 1. The molecule has 1 aliphatic heterocycles. The van der Waals surface area contributed by atoms with Crippen LogP contribution in [-0.4, -0.2) is 53.6 Å². The van der Waals surface area contributed by atoms with Gasteiger partial charge in [0.25, 0.3) is 0 Å². The number of piperazine rings is 1. The largest absolute Gasteiger partial charge is 0.495 e. The molecular weight excluding hydrogens is 360 g/mol. The Balaban J connectivity index is 1.35. The van der Waals surface area contributed by atoms with Crippen LogP contribution in [-0.2, 0) is 11.2 Å². The highest BCUT2D eigenvalue weighted by Gasteiger charge is 2.23. The molecule has 0 bridgehead atoms. The van der Waals surface area contributed by atoms with Crippen molar-refractivity contribution in [3.05, 3.63) is 59.9 Å². The number of hydrogen-bond donors (Lipinski definition) is 0. The first-order valence-corrected chi connectivity index (χ1v) is 9.86.